The highest BCUT2D eigenvalue weighted by atomic mass is 16.4. The Bertz CT molecular complexity index is 441. The molecule has 0 spiro atoms. The van der Waals surface area contributed by atoms with E-state index in [1.165, 1.54) is 13.3 Å². The zero-order valence-corrected chi connectivity index (χ0v) is 10.8. The molecular formula is C12H18N2O4. The average molecular weight is 254 g/mol. The Hall–Kier alpha value is -1.85. The lowest BCUT2D eigenvalue weighted by atomic mass is 9.96. The van der Waals surface area contributed by atoms with E-state index in [0.717, 1.165) is 0 Å². The summed E-state index contributed by atoms with van der Waals surface area (Å²) in [6, 6.07) is 0. The number of carboxylic acid groups (broad SMARTS) is 1. The molecule has 0 fully saturated rings. The Morgan fingerprint density at radius 2 is 2.17 bits per heavy atom. The zero-order valence-electron chi connectivity index (χ0n) is 10.8. The maximum Gasteiger partial charge on any atom is 0.329 e. The summed E-state index contributed by atoms with van der Waals surface area (Å²) < 4.78 is 5.05. The van der Waals surface area contributed by atoms with E-state index in [1.807, 2.05) is 13.8 Å². The number of nitrogens with one attached hydrogen (secondary N) is 1. The number of hydrogen-bond acceptors (Lipinski definition) is 4. The molecule has 1 aromatic heterocycles. The minimum atomic E-state index is -1.28. The summed E-state index contributed by atoms with van der Waals surface area (Å²) >= 11 is 0. The standard InChI is InChI=1S/C12H18N2O4/c1-4-6-12(3,11(16)17)14-10(15)9-8(5-2)18-7-13-9/h7H,4-6H2,1-3H3,(H,14,15)(H,16,17). The fourth-order valence-electron chi connectivity index (χ4n) is 1.74. The van der Waals surface area contributed by atoms with E-state index >= 15 is 0 Å². The van der Waals surface area contributed by atoms with Crippen molar-refractivity contribution >= 4 is 11.9 Å². The second-order valence-corrected chi connectivity index (χ2v) is 4.32. The number of aryl methyl sites for hydroxylation is 1. The van der Waals surface area contributed by atoms with Crippen LogP contribution in [-0.4, -0.2) is 27.5 Å². The van der Waals surface area contributed by atoms with Gasteiger partial charge in [-0.3, -0.25) is 4.79 Å². The van der Waals surface area contributed by atoms with Gasteiger partial charge in [0, 0.05) is 6.42 Å². The topological polar surface area (TPSA) is 92.4 Å². The Morgan fingerprint density at radius 3 is 2.67 bits per heavy atom. The third-order valence-electron chi connectivity index (χ3n) is 2.79. The number of rotatable bonds is 6. The molecule has 1 aromatic rings. The SMILES string of the molecule is CCCC(C)(NC(=O)c1ncoc1CC)C(=O)O. The van der Waals surface area contributed by atoms with Gasteiger partial charge in [-0.15, -0.1) is 0 Å². The fourth-order valence-corrected chi connectivity index (χ4v) is 1.74. The Labute approximate surface area is 105 Å². The minimum absolute atomic E-state index is 0.154. The summed E-state index contributed by atoms with van der Waals surface area (Å²) in [5, 5.41) is 11.7. The zero-order chi connectivity index (χ0) is 13.8. The van der Waals surface area contributed by atoms with E-state index in [0.29, 0.717) is 25.0 Å². The van der Waals surface area contributed by atoms with Crippen LogP contribution in [0.2, 0.25) is 0 Å². The summed E-state index contributed by atoms with van der Waals surface area (Å²) in [6.45, 7) is 5.18. The monoisotopic (exact) mass is 254 g/mol. The van der Waals surface area contributed by atoms with Gasteiger partial charge in [-0.2, -0.15) is 0 Å². The van der Waals surface area contributed by atoms with Gasteiger partial charge in [0.1, 0.15) is 11.3 Å². The molecule has 0 aliphatic heterocycles. The van der Waals surface area contributed by atoms with Crippen LogP contribution in [-0.2, 0) is 11.2 Å². The van der Waals surface area contributed by atoms with Crippen molar-refractivity contribution in [3.63, 3.8) is 0 Å². The van der Waals surface area contributed by atoms with E-state index in [9.17, 15) is 14.7 Å². The molecule has 1 rings (SSSR count). The van der Waals surface area contributed by atoms with Gasteiger partial charge in [0.25, 0.3) is 5.91 Å². The third kappa shape index (κ3) is 2.88. The molecule has 6 nitrogen and oxygen atoms in total. The molecule has 0 bridgehead atoms. The quantitative estimate of drug-likeness (QED) is 0.804. The summed E-state index contributed by atoms with van der Waals surface area (Å²) in [7, 11) is 0. The summed E-state index contributed by atoms with van der Waals surface area (Å²) in [4.78, 5) is 27.0. The van der Waals surface area contributed by atoms with Crippen LogP contribution in [0.1, 0.15) is 49.9 Å². The lowest BCUT2D eigenvalue weighted by Crippen LogP contribution is -2.52. The molecule has 0 aliphatic carbocycles. The number of nitrogens with zero attached hydrogens (tertiary/aromatic N) is 1. The largest absolute Gasteiger partial charge is 0.480 e. The van der Waals surface area contributed by atoms with Crippen LogP contribution in [0.5, 0.6) is 0 Å². The van der Waals surface area contributed by atoms with Crippen LogP contribution in [0.3, 0.4) is 0 Å². The van der Waals surface area contributed by atoms with Crippen LogP contribution in [0.4, 0.5) is 0 Å². The Kier molecular flexibility index (Phi) is 4.47. The predicted molar refractivity (Wildman–Crippen MR) is 64.3 cm³/mol. The highest BCUT2D eigenvalue weighted by Gasteiger charge is 2.35. The van der Waals surface area contributed by atoms with Crippen LogP contribution in [0.25, 0.3) is 0 Å². The van der Waals surface area contributed by atoms with E-state index in [4.69, 9.17) is 4.42 Å². The second kappa shape index (κ2) is 5.66. The molecule has 0 saturated heterocycles. The normalized spacial score (nSPS) is 13.9. The molecule has 18 heavy (non-hydrogen) atoms. The number of carbonyl (C=O) groups excluding carboxylic acids is 1. The summed E-state index contributed by atoms with van der Waals surface area (Å²) in [6.07, 6.45) is 2.72. The van der Waals surface area contributed by atoms with Crippen LogP contribution >= 0.6 is 0 Å². The number of carboxylic acids is 1. The predicted octanol–water partition coefficient (Wildman–Crippen LogP) is 1.61. The van der Waals surface area contributed by atoms with Crippen molar-refractivity contribution in [2.75, 3.05) is 0 Å². The first-order valence-corrected chi connectivity index (χ1v) is 5.92. The molecule has 0 aliphatic rings. The smallest absolute Gasteiger partial charge is 0.329 e. The van der Waals surface area contributed by atoms with Gasteiger partial charge in [-0.25, -0.2) is 9.78 Å². The van der Waals surface area contributed by atoms with Crippen molar-refractivity contribution in [3.8, 4) is 0 Å². The Balaban J connectivity index is 2.89. The second-order valence-electron chi connectivity index (χ2n) is 4.32. The number of hydrogen-bond donors (Lipinski definition) is 2. The third-order valence-corrected chi connectivity index (χ3v) is 2.79. The first-order chi connectivity index (χ1) is 8.44. The summed E-state index contributed by atoms with van der Waals surface area (Å²) in [5.74, 6) is -1.12. The number of aliphatic carboxylic acids is 1. The highest BCUT2D eigenvalue weighted by Crippen LogP contribution is 2.15. The molecule has 6 heteroatoms. The van der Waals surface area contributed by atoms with Gasteiger partial charge in [0.05, 0.1) is 0 Å². The van der Waals surface area contributed by atoms with Crippen LogP contribution in [0, 0.1) is 0 Å². The van der Waals surface area contributed by atoms with Crippen LogP contribution < -0.4 is 5.32 Å². The van der Waals surface area contributed by atoms with E-state index in [-0.39, 0.29) is 5.69 Å². The van der Waals surface area contributed by atoms with E-state index in [1.54, 1.807) is 0 Å². The van der Waals surface area contributed by atoms with Crippen molar-refractivity contribution in [2.45, 2.75) is 45.6 Å². The summed E-state index contributed by atoms with van der Waals surface area (Å²) in [5.41, 5.74) is -1.13. The van der Waals surface area contributed by atoms with Crippen LogP contribution in [0.15, 0.2) is 10.8 Å². The molecule has 100 valence electrons. The van der Waals surface area contributed by atoms with E-state index in [2.05, 4.69) is 10.3 Å². The number of oxazole rings is 1. The van der Waals surface area contributed by atoms with E-state index < -0.39 is 17.4 Å². The average Bonchev–Trinajstić information content (AvgIpc) is 2.76. The molecule has 0 saturated carbocycles. The molecule has 1 atom stereocenters. The highest BCUT2D eigenvalue weighted by molar-refractivity contribution is 5.96. The molecule has 1 unspecified atom stereocenters. The molecule has 1 heterocycles. The van der Waals surface area contributed by atoms with Gasteiger partial charge in [0.15, 0.2) is 12.1 Å². The maximum absolute atomic E-state index is 12.0. The lowest BCUT2D eigenvalue weighted by Gasteiger charge is -2.25. The maximum atomic E-state index is 12.0. The molecular weight excluding hydrogens is 236 g/mol. The van der Waals surface area contributed by atoms with Gasteiger partial charge < -0.3 is 14.8 Å². The molecule has 0 radical (unpaired) electrons. The Morgan fingerprint density at radius 1 is 1.50 bits per heavy atom. The first kappa shape index (κ1) is 14.2. The number of amides is 1. The molecule has 1 amide bonds. The first-order valence-electron chi connectivity index (χ1n) is 5.92. The number of aromatic nitrogens is 1. The van der Waals surface area contributed by atoms with Crippen molar-refractivity contribution in [1.29, 1.82) is 0 Å². The minimum Gasteiger partial charge on any atom is -0.480 e. The van der Waals surface area contributed by atoms with Gasteiger partial charge in [-0.05, 0) is 13.3 Å². The molecule has 0 aromatic carbocycles. The van der Waals surface area contributed by atoms with Crippen molar-refractivity contribution in [2.24, 2.45) is 0 Å². The van der Waals surface area contributed by atoms with Gasteiger partial charge >= 0.3 is 5.97 Å². The number of carbonyl (C=O) groups is 2. The fraction of sp³-hybridized carbons (Fsp3) is 0.583. The van der Waals surface area contributed by atoms with Crippen molar-refractivity contribution in [3.05, 3.63) is 17.8 Å². The van der Waals surface area contributed by atoms with Crippen molar-refractivity contribution in [1.82, 2.24) is 10.3 Å². The molecule has 2 N–H and O–H groups in total. The van der Waals surface area contributed by atoms with Gasteiger partial charge in [0.2, 0.25) is 0 Å². The van der Waals surface area contributed by atoms with Gasteiger partial charge in [-0.1, -0.05) is 20.3 Å². The van der Waals surface area contributed by atoms with Crippen molar-refractivity contribution < 1.29 is 19.1 Å². The lowest BCUT2D eigenvalue weighted by molar-refractivity contribution is -0.144.